The Balaban J connectivity index is 1.69. The molecule has 0 fully saturated rings. The Morgan fingerprint density at radius 1 is 1.06 bits per heavy atom. The average molecular weight is 427 g/mol. The molecule has 0 bridgehead atoms. The predicted octanol–water partition coefficient (Wildman–Crippen LogP) is 3.55. The molecular formula is C21H16F3N5O2. The van der Waals surface area contributed by atoms with E-state index in [1.807, 2.05) is 6.07 Å². The lowest BCUT2D eigenvalue weighted by Gasteiger charge is -2.14. The zero-order valence-corrected chi connectivity index (χ0v) is 16.2. The number of hydrogen-bond acceptors (Lipinski definition) is 4. The van der Waals surface area contributed by atoms with Crippen LogP contribution in [0.25, 0.3) is 16.6 Å². The van der Waals surface area contributed by atoms with Gasteiger partial charge in [0, 0.05) is 5.39 Å². The number of aromatic nitrogens is 4. The molecule has 0 atom stereocenters. The van der Waals surface area contributed by atoms with E-state index in [2.05, 4.69) is 15.5 Å². The van der Waals surface area contributed by atoms with Gasteiger partial charge in [0.2, 0.25) is 5.91 Å². The Morgan fingerprint density at radius 3 is 2.45 bits per heavy atom. The second kappa shape index (κ2) is 7.71. The van der Waals surface area contributed by atoms with Crippen LogP contribution in [-0.4, -0.2) is 25.5 Å². The molecule has 0 radical (unpaired) electrons. The van der Waals surface area contributed by atoms with Crippen molar-refractivity contribution >= 4 is 22.5 Å². The van der Waals surface area contributed by atoms with E-state index in [0.717, 1.165) is 16.8 Å². The standard InChI is InChI=1S/C21H16F3N5O2/c1-13-15-11-25-29(14-7-3-2-4-8-14)19(15)20(31)28(27-13)12-18(30)26-17-10-6-5-9-16(17)21(22,23)24/h2-11H,12H2,1H3,(H,26,30). The third-order valence-corrected chi connectivity index (χ3v) is 4.67. The van der Waals surface area contributed by atoms with Crippen LogP contribution in [0.3, 0.4) is 0 Å². The van der Waals surface area contributed by atoms with Crippen LogP contribution in [0.2, 0.25) is 0 Å². The van der Waals surface area contributed by atoms with E-state index in [9.17, 15) is 22.8 Å². The Hall–Kier alpha value is -3.95. The van der Waals surface area contributed by atoms with Crippen molar-refractivity contribution in [2.75, 3.05) is 5.32 Å². The molecule has 0 saturated carbocycles. The molecule has 2 aromatic carbocycles. The summed E-state index contributed by atoms with van der Waals surface area (Å²) >= 11 is 0. The summed E-state index contributed by atoms with van der Waals surface area (Å²) < 4.78 is 41.8. The summed E-state index contributed by atoms with van der Waals surface area (Å²) in [5.74, 6) is -0.809. The molecule has 4 rings (SSSR count). The lowest BCUT2D eigenvalue weighted by Crippen LogP contribution is -2.31. The molecule has 7 nitrogen and oxygen atoms in total. The van der Waals surface area contributed by atoms with Crippen molar-refractivity contribution in [1.29, 1.82) is 0 Å². The van der Waals surface area contributed by atoms with Crippen molar-refractivity contribution in [2.45, 2.75) is 19.6 Å². The van der Waals surface area contributed by atoms with E-state index in [1.165, 1.54) is 23.0 Å². The molecule has 4 aromatic rings. The molecular weight excluding hydrogens is 411 g/mol. The third-order valence-electron chi connectivity index (χ3n) is 4.67. The van der Waals surface area contributed by atoms with Crippen LogP contribution in [-0.2, 0) is 17.5 Å². The molecule has 31 heavy (non-hydrogen) atoms. The van der Waals surface area contributed by atoms with Gasteiger partial charge >= 0.3 is 6.18 Å². The number of carbonyl (C=O) groups excluding carboxylic acids is 1. The lowest BCUT2D eigenvalue weighted by molar-refractivity contribution is -0.137. The molecule has 0 aliphatic heterocycles. The number of anilines is 1. The van der Waals surface area contributed by atoms with E-state index in [-0.39, 0.29) is 11.2 Å². The van der Waals surface area contributed by atoms with Crippen LogP contribution >= 0.6 is 0 Å². The molecule has 0 saturated heterocycles. The molecule has 158 valence electrons. The van der Waals surface area contributed by atoms with Gasteiger partial charge in [-0.25, -0.2) is 9.36 Å². The van der Waals surface area contributed by atoms with Crippen molar-refractivity contribution in [3.8, 4) is 5.69 Å². The maximum atomic E-state index is 13.2. The van der Waals surface area contributed by atoms with Gasteiger partial charge in [-0.1, -0.05) is 30.3 Å². The predicted molar refractivity (Wildman–Crippen MR) is 108 cm³/mol. The Kier molecular flexibility index (Phi) is 5.05. The van der Waals surface area contributed by atoms with Crippen molar-refractivity contribution in [2.24, 2.45) is 0 Å². The maximum Gasteiger partial charge on any atom is 0.418 e. The lowest BCUT2D eigenvalue weighted by atomic mass is 10.1. The van der Waals surface area contributed by atoms with Crippen LogP contribution in [0.1, 0.15) is 11.3 Å². The van der Waals surface area contributed by atoms with Gasteiger partial charge < -0.3 is 5.32 Å². The Morgan fingerprint density at radius 2 is 1.74 bits per heavy atom. The minimum Gasteiger partial charge on any atom is -0.324 e. The van der Waals surface area contributed by atoms with Gasteiger partial charge in [0.1, 0.15) is 12.1 Å². The fourth-order valence-electron chi connectivity index (χ4n) is 3.26. The fraction of sp³-hybridized carbons (Fsp3) is 0.143. The summed E-state index contributed by atoms with van der Waals surface area (Å²) in [7, 11) is 0. The molecule has 0 aliphatic rings. The van der Waals surface area contributed by atoms with Crippen LogP contribution in [0.15, 0.2) is 65.6 Å². The monoisotopic (exact) mass is 427 g/mol. The number of nitrogens with one attached hydrogen (secondary N) is 1. The van der Waals surface area contributed by atoms with E-state index >= 15 is 0 Å². The van der Waals surface area contributed by atoms with Crippen molar-refractivity contribution in [3.63, 3.8) is 0 Å². The number of aryl methyl sites for hydroxylation is 1. The number of nitrogens with zero attached hydrogens (tertiary/aromatic N) is 4. The highest BCUT2D eigenvalue weighted by Gasteiger charge is 2.33. The highest BCUT2D eigenvalue weighted by Crippen LogP contribution is 2.34. The smallest absolute Gasteiger partial charge is 0.324 e. The van der Waals surface area contributed by atoms with Crippen LogP contribution in [0.5, 0.6) is 0 Å². The van der Waals surface area contributed by atoms with Gasteiger partial charge in [0.15, 0.2) is 0 Å². The molecule has 2 heterocycles. The van der Waals surface area contributed by atoms with Crippen molar-refractivity contribution in [3.05, 3.63) is 82.4 Å². The number of hydrogen-bond donors (Lipinski definition) is 1. The van der Waals surface area contributed by atoms with Gasteiger partial charge in [-0.15, -0.1) is 0 Å². The van der Waals surface area contributed by atoms with Gasteiger partial charge in [-0.2, -0.15) is 23.4 Å². The minimum absolute atomic E-state index is 0.224. The normalized spacial score (nSPS) is 11.6. The largest absolute Gasteiger partial charge is 0.418 e. The number of alkyl halides is 3. The number of rotatable bonds is 4. The van der Waals surface area contributed by atoms with Crippen LogP contribution in [0, 0.1) is 6.92 Å². The summed E-state index contributed by atoms with van der Waals surface area (Å²) in [5, 5.41) is 11.1. The third kappa shape index (κ3) is 3.91. The summed E-state index contributed by atoms with van der Waals surface area (Å²) in [6, 6.07) is 13.6. The van der Waals surface area contributed by atoms with Crippen LogP contribution < -0.4 is 10.9 Å². The number of fused-ring (bicyclic) bond motifs is 1. The SMILES string of the molecule is Cc1nn(CC(=O)Nc2ccccc2C(F)(F)F)c(=O)c2c1cnn2-c1ccccc1. The highest BCUT2D eigenvalue weighted by molar-refractivity contribution is 5.91. The number of benzene rings is 2. The van der Waals surface area contributed by atoms with Crippen molar-refractivity contribution < 1.29 is 18.0 Å². The number of amides is 1. The first-order valence-corrected chi connectivity index (χ1v) is 9.22. The van der Waals surface area contributed by atoms with Gasteiger partial charge in [0.25, 0.3) is 5.56 Å². The second-order valence-corrected chi connectivity index (χ2v) is 6.79. The summed E-state index contributed by atoms with van der Waals surface area (Å²) in [4.78, 5) is 25.5. The Bertz CT molecular complexity index is 1330. The fourth-order valence-corrected chi connectivity index (χ4v) is 3.26. The van der Waals surface area contributed by atoms with E-state index < -0.39 is 29.8 Å². The van der Waals surface area contributed by atoms with E-state index in [0.29, 0.717) is 16.8 Å². The summed E-state index contributed by atoms with van der Waals surface area (Å²) in [6.07, 6.45) is -3.12. The molecule has 1 amide bonds. The van der Waals surface area contributed by atoms with Gasteiger partial charge in [0.05, 0.1) is 28.8 Å². The first-order chi connectivity index (χ1) is 14.8. The topological polar surface area (TPSA) is 81.8 Å². The van der Waals surface area contributed by atoms with Crippen LogP contribution in [0.4, 0.5) is 18.9 Å². The van der Waals surface area contributed by atoms with E-state index in [1.54, 1.807) is 31.2 Å². The zero-order valence-electron chi connectivity index (χ0n) is 16.2. The van der Waals surface area contributed by atoms with E-state index in [4.69, 9.17) is 0 Å². The first kappa shape index (κ1) is 20.3. The van der Waals surface area contributed by atoms with Gasteiger partial charge in [-0.3, -0.25) is 9.59 Å². The number of para-hydroxylation sites is 2. The Labute approximate surface area is 173 Å². The van der Waals surface area contributed by atoms with Crippen molar-refractivity contribution in [1.82, 2.24) is 19.6 Å². The highest BCUT2D eigenvalue weighted by atomic mass is 19.4. The molecule has 0 aliphatic carbocycles. The number of carbonyl (C=O) groups is 1. The minimum atomic E-state index is -4.63. The average Bonchev–Trinajstić information content (AvgIpc) is 3.18. The first-order valence-electron chi connectivity index (χ1n) is 9.22. The zero-order chi connectivity index (χ0) is 22.2. The molecule has 0 unspecified atom stereocenters. The maximum absolute atomic E-state index is 13.2. The summed E-state index contributed by atoms with van der Waals surface area (Å²) in [5.41, 5.74) is -0.614. The number of halogens is 3. The van der Waals surface area contributed by atoms with Gasteiger partial charge in [-0.05, 0) is 31.2 Å². The summed E-state index contributed by atoms with van der Waals surface area (Å²) in [6.45, 7) is 1.11. The molecule has 2 aromatic heterocycles. The molecule has 0 spiro atoms. The molecule has 10 heteroatoms. The molecule has 1 N–H and O–H groups in total. The second-order valence-electron chi connectivity index (χ2n) is 6.79. The quantitative estimate of drug-likeness (QED) is 0.540.